The van der Waals surface area contributed by atoms with Gasteiger partial charge in [0.2, 0.25) is 0 Å². The summed E-state index contributed by atoms with van der Waals surface area (Å²) >= 11 is 5.68. The molecule has 1 N–H and O–H groups in total. The quantitative estimate of drug-likeness (QED) is 0.917. The zero-order valence-corrected chi connectivity index (χ0v) is 13.0. The predicted octanol–water partition coefficient (Wildman–Crippen LogP) is 3.65. The van der Waals surface area contributed by atoms with Crippen molar-refractivity contribution in [3.63, 3.8) is 0 Å². The van der Waals surface area contributed by atoms with Gasteiger partial charge >= 0.3 is 0 Å². The molecule has 2 nitrogen and oxygen atoms in total. The Morgan fingerprint density at radius 1 is 1.30 bits per heavy atom. The van der Waals surface area contributed by atoms with Crippen molar-refractivity contribution < 1.29 is 9.50 Å². The second kappa shape index (κ2) is 6.42. The van der Waals surface area contributed by atoms with Crippen molar-refractivity contribution in [2.75, 3.05) is 13.1 Å². The van der Waals surface area contributed by atoms with E-state index >= 15 is 0 Å². The highest BCUT2D eigenvalue weighted by Gasteiger charge is 2.34. The van der Waals surface area contributed by atoms with Crippen LogP contribution in [-0.2, 0) is 6.42 Å². The Kier molecular flexibility index (Phi) is 5.05. The molecule has 0 aromatic heterocycles. The molecule has 4 heteroatoms. The standard InChI is InChI=1S/C16H23ClFNO/c1-16(2,19-8-4-3-5-9-19)15(20)11-12-6-7-13(17)14(18)10-12/h6-7,10,15,20H,3-5,8-9,11H2,1-2H3. The van der Waals surface area contributed by atoms with Crippen LogP contribution in [0.5, 0.6) is 0 Å². The Morgan fingerprint density at radius 3 is 2.55 bits per heavy atom. The number of piperidine rings is 1. The van der Waals surface area contributed by atoms with Crippen LogP contribution in [0.3, 0.4) is 0 Å². The Hall–Kier alpha value is -0.640. The van der Waals surface area contributed by atoms with E-state index in [2.05, 4.69) is 18.7 Å². The molecule has 112 valence electrons. The van der Waals surface area contributed by atoms with E-state index in [9.17, 15) is 9.50 Å². The van der Waals surface area contributed by atoms with Crippen molar-refractivity contribution in [3.05, 3.63) is 34.6 Å². The molecule has 1 unspecified atom stereocenters. The van der Waals surface area contributed by atoms with Crippen molar-refractivity contribution in [3.8, 4) is 0 Å². The molecule has 1 atom stereocenters. The van der Waals surface area contributed by atoms with Gasteiger partial charge in [-0.3, -0.25) is 4.90 Å². The Bertz CT molecular complexity index is 458. The minimum atomic E-state index is -0.527. The SMILES string of the molecule is CC(C)(C(O)Cc1ccc(Cl)c(F)c1)N1CCCCC1. The number of rotatable bonds is 4. The summed E-state index contributed by atoms with van der Waals surface area (Å²) < 4.78 is 13.5. The van der Waals surface area contributed by atoms with Gasteiger partial charge in [-0.05, 0) is 57.5 Å². The van der Waals surface area contributed by atoms with E-state index in [-0.39, 0.29) is 10.6 Å². The zero-order chi connectivity index (χ0) is 14.8. The molecule has 1 aliphatic heterocycles. The van der Waals surface area contributed by atoms with Crippen LogP contribution in [0, 0.1) is 5.82 Å². The number of likely N-dealkylation sites (tertiary alicyclic amines) is 1. The molecule has 0 bridgehead atoms. The molecule has 20 heavy (non-hydrogen) atoms. The maximum absolute atomic E-state index is 13.5. The molecular formula is C16H23ClFNO. The molecule has 1 heterocycles. The van der Waals surface area contributed by atoms with Crippen LogP contribution in [0.15, 0.2) is 18.2 Å². The molecule has 1 aromatic carbocycles. The van der Waals surface area contributed by atoms with Crippen molar-refractivity contribution >= 4 is 11.6 Å². The van der Waals surface area contributed by atoms with Crippen LogP contribution in [0.25, 0.3) is 0 Å². The average Bonchev–Trinajstić information content (AvgIpc) is 2.44. The fourth-order valence-corrected chi connectivity index (χ4v) is 2.94. The molecule has 1 saturated heterocycles. The highest BCUT2D eigenvalue weighted by molar-refractivity contribution is 6.30. The third kappa shape index (κ3) is 3.51. The molecule has 0 saturated carbocycles. The Morgan fingerprint density at radius 2 is 1.95 bits per heavy atom. The first kappa shape index (κ1) is 15.7. The summed E-state index contributed by atoms with van der Waals surface area (Å²) in [6, 6.07) is 4.74. The fourth-order valence-electron chi connectivity index (χ4n) is 2.82. The predicted molar refractivity (Wildman–Crippen MR) is 80.6 cm³/mol. The van der Waals surface area contributed by atoms with E-state index in [1.807, 2.05) is 0 Å². The summed E-state index contributed by atoms with van der Waals surface area (Å²) in [5.74, 6) is -0.424. The number of hydrogen-bond donors (Lipinski definition) is 1. The van der Waals surface area contributed by atoms with Gasteiger partial charge < -0.3 is 5.11 Å². The minimum absolute atomic E-state index is 0.124. The van der Waals surface area contributed by atoms with Gasteiger partial charge in [0, 0.05) is 12.0 Å². The van der Waals surface area contributed by atoms with Crippen LogP contribution in [-0.4, -0.2) is 34.7 Å². The summed E-state index contributed by atoms with van der Waals surface area (Å²) in [5, 5.41) is 10.7. The zero-order valence-electron chi connectivity index (χ0n) is 12.2. The number of benzene rings is 1. The summed E-state index contributed by atoms with van der Waals surface area (Å²) in [6.45, 7) is 6.18. The van der Waals surface area contributed by atoms with Crippen LogP contribution < -0.4 is 0 Å². The number of halogens is 2. The van der Waals surface area contributed by atoms with E-state index in [0.29, 0.717) is 6.42 Å². The lowest BCUT2D eigenvalue weighted by atomic mass is 9.88. The first-order chi connectivity index (χ1) is 9.41. The minimum Gasteiger partial charge on any atom is -0.391 e. The van der Waals surface area contributed by atoms with E-state index in [1.165, 1.54) is 25.3 Å². The van der Waals surface area contributed by atoms with Crippen molar-refractivity contribution in [2.45, 2.75) is 51.2 Å². The third-order valence-electron chi connectivity index (χ3n) is 4.40. The fraction of sp³-hybridized carbons (Fsp3) is 0.625. The lowest BCUT2D eigenvalue weighted by Gasteiger charge is -2.44. The number of nitrogens with zero attached hydrogens (tertiary/aromatic N) is 1. The Labute approximate surface area is 125 Å². The molecule has 0 amide bonds. The van der Waals surface area contributed by atoms with Gasteiger partial charge in [0.25, 0.3) is 0 Å². The lowest BCUT2D eigenvalue weighted by Crippen LogP contribution is -2.54. The second-order valence-electron chi connectivity index (χ2n) is 6.17. The maximum Gasteiger partial charge on any atom is 0.142 e. The molecule has 0 aliphatic carbocycles. The summed E-state index contributed by atoms with van der Waals surface area (Å²) in [4.78, 5) is 2.34. The van der Waals surface area contributed by atoms with E-state index < -0.39 is 11.9 Å². The van der Waals surface area contributed by atoms with Crippen LogP contribution in [0.4, 0.5) is 4.39 Å². The van der Waals surface area contributed by atoms with Gasteiger partial charge in [-0.2, -0.15) is 0 Å². The molecule has 1 aliphatic rings. The van der Waals surface area contributed by atoms with E-state index in [1.54, 1.807) is 12.1 Å². The third-order valence-corrected chi connectivity index (χ3v) is 4.71. The van der Waals surface area contributed by atoms with Crippen LogP contribution in [0.2, 0.25) is 5.02 Å². The normalized spacial score (nSPS) is 19.1. The number of aliphatic hydroxyl groups excluding tert-OH is 1. The van der Waals surface area contributed by atoms with Crippen LogP contribution >= 0.6 is 11.6 Å². The molecule has 1 aromatic rings. The van der Waals surface area contributed by atoms with E-state index in [4.69, 9.17) is 11.6 Å². The van der Waals surface area contributed by atoms with Gasteiger partial charge in [-0.1, -0.05) is 24.1 Å². The average molecular weight is 300 g/mol. The van der Waals surface area contributed by atoms with Gasteiger partial charge in [-0.15, -0.1) is 0 Å². The summed E-state index contributed by atoms with van der Waals surface area (Å²) in [6.07, 6.45) is 3.56. The van der Waals surface area contributed by atoms with Crippen molar-refractivity contribution in [2.24, 2.45) is 0 Å². The lowest BCUT2D eigenvalue weighted by molar-refractivity contribution is -0.0187. The van der Waals surface area contributed by atoms with Gasteiger partial charge in [0.1, 0.15) is 5.82 Å². The Balaban J connectivity index is 2.05. The second-order valence-corrected chi connectivity index (χ2v) is 6.58. The molecule has 0 spiro atoms. The van der Waals surface area contributed by atoms with Crippen molar-refractivity contribution in [1.29, 1.82) is 0 Å². The van der Waals surface area contributed by atoms with Gasteiger partial charge in [0.15, 0.2) is 0 Å². The molecule has 1 fully saturated rings. The molecule has 2 rings (SSSR count). The molecular weight excluding hydrogens is 277 g/mol. The topological polar surface area (TPSA) is 23.5 Å². The smallest absolute Gasteiger partial charge is 0.142 e. The number of hydrogen-bond acceptors (Lipinski definition) is 2. The highest BCUT2D eigenvalue weighted by Crippen LogP contribution is 2.26. The van der Waals surface area contributed by atoms with Gasteiger partial charge in [0.05, 0.1) is 11.1 Å². The summed E-state index contributed by atoms with van der Waals surface area (Å²) in [5.41, 5.74) is 0.487. The summed E-state index contributed by atoms with van der Waals surface area (Å²) in [7, 11) is 0. The monoisotopic (exact) mass is 299 g/mol. The van der Waals surface area contributed by atoms with E-state index in [0.717, 1.165) is 18.7 Å². The largest absolute Gasteiger partial charge is 0.391 e. The van der Waals surface area contributed by atoms with Crippen molar-refractivity contribution in [1.82, 2.24) is 4.90 Å². The highest BCUT2D eigenvalue weighted by atomic mass is 35.5. The maximum atomic E-state index is 13.5. The number of aliphatic hydroxyl groups is 1. The first-order valence-corrected chi connectivity index (χ1v) is 7.66. The van der Waals surface area contributed by atoms with Gasteiger partial charge in [-0.25, -0.2) is 4.39 Å². The first-order valence-electron chi connectivity index (χ1n) is 7.28. The van der Waals surface area contributed by atoms with Crippen LogP contribution in [0.1, 0.15) is 38.7 Å². The molecule has 0 radical (unpaired) electrons.